The third-order valence-electron chi connectivity index (χ3n) is 0.614. The number of nitrogens with one attached hydrogen (secondary N) is 1. The smallest absolute Gasteiger partial charge is 0.103 e. The molecule has 0 atom stereocenters. The molecular formula is C4H5N5S. The zero-order chi connectivity index (χ0) is 7.07. The van der Waals surface area contributed by atoms with Crippen LogP contribution in [0.2, 0.25) is 0 Å². The summed E-state index contributed by atoms with van der Waals surface area (Å²) in [6, 6.07) is 0. The Hall–Kier alpha value is -1.30. The van der Waals surface area contributed by atoms with Crippen molar-refractivity contribution in [3.63, 3.8) is 0 Å². The highest BCUT2D eigenvalue weighted by molar-refractivity contribution is 7.07. The minimum Gasteiger partial charge on any atom is -0.198 e. The van der Waals surface area contributed by atoms with Gasteiger partial charge in [0, 0.05) is 0 Å². The van der Waals surface area contributed by atoms with Gasteiger partial charge in [-0.25, -0.2) is 0 Å². The molecule has 6 heteroatoms. The van der Waals surface area contributed by atoms with E-state index in [9.17, 15) is 0 Å². The maximum absolute atomic E-state index is 3.49. The number of hydrogen-bond acceptors (Lipinski definition) is 5. The molecule has 5 nitrogen and oxygen atoms in total. The molecule has 0 fully saturated rings. The molecule has 0 radical (unpaired) electrons. The molecule has 0 spiro atoms. The molecule has 2 aromatic rings. The number of hydrogen-bond donors (Lipinski definition) is 1. The first-order chi connectivity index (χ1) is 5.00. The number of aromatic nitrogens is 5. The fourth-order valence-corrected chi connectivity index (χ4v) is 0.575. The van der Waals surface area contributed by atoms with E-state index in [-0.39, 0.29) is 0 Å². The Kier molecular flexibility index (Phi) is 3.11. The van der Waals surface area contributed by atoms with Crippen LogP contribution in [0.4, 0.5) is 0 Å². The maximum atomic E-state index is 3.49. The van der Waals surface area contributed by atoms with Gasteiger partial charge in [-0.3, -0.25) is 0 Å². The lowest BCUT2D eigenvalue weighted by Crippen LogP contribution is -1.61. The first kappa shape index (κ1) is 6.81. The minimum atomic E-state index is 1.49. The summed E-state index contributed by atoms with van der Waals surface area (Å²) in [4.78, 5) is 0. The van der Waals surface area contributed by atoms with E-state index in [1.54, 1.807) is 23.4 Å². The fraction of sp³-hybridized carbons (Fsp3) is 0. The summed E-state index contributed by atoms with van der Waals surface area (Å²) in [5.74, 6) is 0. The van der Waals surface area contributed by atoms with Gasteiger partial charge in [-0.2, -0.15) is 15.4 Å². The molecule has 2 rings (SSSR count). The fourth-order valence-electron chi connectivity index (χ4n) is 0.303. The monoisotopic (exact) mass is 155 g/mol. The summed E-state index contributed by atoms with van der Waals surface area (Å²) < 4.78 is 0. The number of H-pyrrole nitrogens is 1. The van der Waals surface area contributed by atoms with Crippen LogP contribution in [0.1, 0.15) is 0 Å². The Morgan fingerprint density at radius 3 is 1.80 bits per heavy atom. The molecule has 0 bridgehead atoms. The van der Waals surface area contributed by atoms with Crippen molar-refractivity contribution >= 4 is 11.3 Å². The van der Waals surface area contributed by atoms with E-state index in [4.69, 9.17) is 0 Å². The average Bonchev–Trinajstić information content (AvgIpc) is 2.67. The van der Waals surface area contributed by atoms with Gasteiger partial charge in [0.1, 0.15) is 11.0 Å². The lowest BCUT2D eigenvalue weighted by molar-refractivity contribution is 0.940. The molecule has 0 amide bonds. The topological polar surface area (TPSA) is 67.3 Å². The Balaban J connectivity index is 0.0000001000. The van der Waals surface area contributed by atoms with Crippen LogP contribution < -0.4 is 0 Å². The van der Waals surface area contributed by atoms with Gasteiger partial charge in [0.25, 0.3) is 0 Å². The van der Waals surface area contributed by atoms with Gasteiger partial charge in [-0.05, 0) is 0 Å². The predicted molar refractivity (Wildman–Crippen MR) is 36.3 cm³/mol. The third kappa shape index (κ3) is 2.88. The van der Waals surface area contributed by atoms with Gasteiger partial charge in [-0.1, -0.05) is 0 Å². The summed E-state index contributed by atoms with van der Waals surface area (Å²) in [5, 5.41) is 16.3. The van der Waals surface area contributed by atoms with Crippen LogP contribution in [0, 0.1) is 0 Å². The molecule has 0 aliphatic heterocycles. The number of rotatable bonds is 0. The van der Waals surface area contributed by atoms with Crippen LogP contribution in [0.5, 0.6) is 0 Å². The van der Waals surface area contributed by atoms with Crippen molar-refractivity contribution in [1.82, 2.24) is 25.6 Å². The summed E-state index contributed by atoms with van der Waals surface area (Å²) in [5.41, 5.74) is 3.36. The highest BCUT2D eigenvalue weighted by Gasteiger charge is 1.60. The van der Waals surface area contributed by atoms with Crippen LogP contribution in [-0.2, 0) is 0 Å². The summed E-state index contributed by atoms with van der Waals surface area (Å²) in [6.45, 7) is 0. The number of nitrogens with zero attached hydrogens (tertiary/aromatic N) is 4. The quantitative estimate of drug-likeness (QED) is 0.595. The normalized spacial score (nSPS) is 8.00. The second kappa shape index (κ2) is 4.57. The predicted octanol–water partition coefficient (Wildman–Crippen LogP) is 0.343. The maximum Gasteiger partial charge on any atom is 0.103 e. The van der Waals surface area contributed by atoms with Crippen molar-refractivity contribution in [2.75, 3.05) is 0 Å². The van der Waals surface area contributed by atoms with Gasteiger partial charge in [0.15, 0.2) is 0 Å². The van der Waals surface area contributed by atoms with E-state index >= 15 is 0 Å². The first-order valence-electron chi connectivity index (χ1n) is 2.48. The summed E-state index contributed by atoms with van der Waals surface area (Å²) in [7, 11) is 0. The summed E-state index contributed by atoms with van der Waals surface area (Å²) >= 11 is 1.49. The van der Waals surface area contributed by atoms with E-state index in [0.717, 1.165) is 0 Å². The zero-order valence-corrected chi connectivity index (χ0v) is 5.82. The van der Waals surface area contributed by atoms with Gasteiger partial charge in [-0.15, -0.1) is 21.5 Å². The van der Waals surface area contributed by atoms with Gasteiger partial charge < -0.3 is 0 Å². The second-order valence-electron chi connectivity index (χ2n) is 1.23. The van der Waals surface area contributed by atoms with E-state index in [1.807, 2.05) is 0 Å². The zero-order valence-electron chi connectivity index (χ0n) is 5.01. The van der Waals surface area contributed by atoms with Crippen LogP contribution >= 0.6 is 11.3 Å². The molecule has 10 heavy (non-hydrogen) atoms. The van der Waals surface area contributed by atoms with Crippen molar-refractivity contribution in [2.45, 2.75) is 0 Å². The van der Waals surface area contributed by atoms with Gasteiger partial charge >= 0.3 is 0 Å². The van der Waals surface area contributed by atoms with Crippen molar-refractivity contribution in [2.24, 2.45) is 0 Å². The third-order valence-corrected chi connectivity index (χ3v) is 1.05. The SMILES string of the molecule is c1cn[nH]n1.c1nncs1. The molecule has 0 aliphatic rings. The van der Waals surface area contributed by atoms with Crippen LogP contribution in [-0.4, -0.2) is 25.6 Å². The largest absolute Gasteiger partial charge is 0.198 e. The number of aromatic amines is 1. The van der Waals surface area contributed by atoms with Gasteiger partial charge in [0.05, 0.1) is 12.4 Å². The van der Waals surface area contributed by atoms with Crippen molar-refractivity contribution in [1.29, 1.82) is 0 Å². The molecule has 0 aromatic carbocycles. The van der Waals surface area contributed by atoms with Crippen LogP contribution in [0.3, 0.4) is 0 Å². The van der Waals surface area contributed by atoms with Crippen LogP contribution in [0.25, 0.3) is 0 Å². The van der Waals surface area contributed by atoms with Crippen molar-refractivity contribution in [3.8, 4) is 0 Å². The van der Waals surface area contributed by atoms with E-state index in [0.29, 0.717) is 0 Å². The first-order valence-corrected chi connectivity index (χ1v) is 3.43. The molecular weight excluding hydrogens is 150 g/mol. The molecule has 0 unspecified atom stereocenters. The average molecular weight is 155 g/mol. The second-order valence-corrected chi connectivity index (χ2v) is 1.93. The lowest BCUT2D eigenvalue weighted by atomic mass is 11.0. The molecule has 1 N–H and O–H groups in total. The molecule has 2 aromatic heterocycles. The van der Waals surface area contributed by atoms with Crippen LogP contribution in [0.15, 0.2) is 23.4 Å². The van der Waals surface area contributed by atoms with E-state index in [2.05, 4.69) is 25.6 Å². The Morgan fingerprint density at radius 2 is 1.60 bits per heavy atom. The Labute approximate surface area is 61.1 Å². The highest BCUT2D eigenvalue weighted by Crippen LogP contribution is 1.80. The molecule has 52 valence electrons. The lowest BCUT2D eigenvalue weighted by Gasteiger charge is -1.48. The van der Waals surface area contributed by atoms with Gasteiger partial charge in [0.2, 0.25) is 0 Å². The molecule has 0 saturated carbocycles. The standard InChI is InChI=1S/C2H3N3.C2H2N2S/c1-2-4-5-3-1;1-3-4-2-5-1/h1-2H,(H,3,4,5);1-2H. The van der Waals surface area contributed by atoms with E-state index in [1.165, 1.54) is 11.3 Å². The molecule has 2 heterocycles. The van der Waals surface area contributed by atoms with E-state index < -0.39 is 0 Å². The summed E-state index contributed by atoms with van der Waals surface area (Å²) in [6.07, 6.45) is 3.17. The highest BCUT2D eigenvalue weighted by atomic mass is 32.1. The molecule has 0 saturated heterocycles. The minimum absolute atomic E-state index is 1.49. The molecule has 0 aliphatic carbocycles. The Bertz CT molecular complexity index is 153. The van der Waals surface area contributed by atoms with Crippen molar-refractivity contribution in [3.05, 3.63) is 23.4 Å². The Morgan fingerprint density at radius 1 is 1.00 bits per heavy atom. The van der Waals surface area contributed by atoms with Crippen molar-refractivity contribution < 1.29 is 0 Å².